The molecule has 0 saturated heterocycles. The maximum atomic E-state index is 12.7. The summed E-state index contributed by atoms with van der Waals surface area (Å²) in [6.45, 7) is 0. The predicted molar refractivity (Wildman–Crippen MR) is 44.0 cm³/mol. The van der Waals surface area contributed by atoms with Crippen molar-refractivity contribution < 1.29 is 17.6 Å². The van der Waals surface area contributed by atoms with Crippen molar-refractivity contribution in [1.82, 2.24) is 0 Å². The summed E-state index contributed by atoms with van der Waals surface area (Å²) in [5, 5.41) is 0. The number of rotatable bonds is 1. The molecule has 0 bridgehead atoms. The van der Waals surface area contributed by atoms with Crippen molar-refractivity contribution in [3.63, 3.8) is 0 Å². The minimum atomic E-state index is -4.84. The van der Waals surface area contributed by atoms with Crippen LogP contribution in [0.3, 0.4) is 0 Å². The molecule has 0 aliphatic heterocycles. The van der Waals surface area contributed by atoms with E-state index in [-0.39, 0.29) is 4.47 Å². The van der Waals surface area contributed by atoms with Crippen LogP contribution in [0.2, 0.25) is 0 Å². The molecule has 0 saturated carbocycles. The molecular weight excluding hydrogens is 252 g/mol. The molecule has 0 aliphatic rings. The zero-order valence-corrected chi connectivity index (χ0v) is 7.86. The molecule has 0 aliphatic carbocycles. The molecule has 13 heavy (non-hydrogen) atoms. The van der Waals surface area contributed by atoms with E-state index in [4.69, 9.17) is 0 Å². The van der Waals surface area contributed by atoms with Gasteiger partial charge < -0.3 is 0 Å². The molecule has 0 heterocycles. The van der Waals surface area contributed by atoms with Gasteiger partial charge in [0.25, 0.3) is 0 Å². The van der Waals surface area contributed by atoms with Crippen LogP contribution in [0.5, 0.6) is 0 Å². The Labute approximate surface area is 80.7 Å². The Kier molecular flexibility index (Phi) is 2.95. The van der Waals surface area contributed by atoms with E-state index >= 15 is 0 Å². The fraction of sp³-hybridized carbons (Fsp3) is 0.250. The normalized spacial score (nSPS) is 14.2. The Balaban J connectivity index is 3.02. The Morgan fingerprint density at radius 2 is 1.69 bits per heavy atom. The first-order chi connectivity index (χ1) is 5.93. The average Bonchev–Trinajstić information content (AvgIpc) is 2.02. The smallest absolute Gasteiger partial charge is 0.232 e. The number of alkyl halides is 4. The maximum Gasteiger partial charge on any atom is 0.423 e. The van der Waals surface area contributed by atoms with Crippen molar-refractivity contribution in [3.05, 3.63) is 34.3 Å². The highest BCUT2D eigenvalue weighted by molar-refractivity contribution is 9.10. The lowest BCUT2D eigenvalue weighted by atomic mass is 10.1. The van der Waals surface area contributed by atoms with Gasteiger partial charge in [0.1, 0.15) is 0 Å². The van der Waals surface area contributed by atoms with Crippen molar-refractivity contribution in [2.24, 2.45) is 0 Å². The third-order valence-electron chi connectivity index (χ3n) is 1.47. The van der Waals surface area contributed by atoms with Crippen LogP contribution >= 0.6 is 15.9 Å². The summed E-state index contributed by atoms with van der Waals surface area (Å²) in [5.41, 5.74) is -0.394. The molecule has 0 fully saturated rings. The fourth-order valence-electron chi connectivity index (χ4n) is 0.857. The van der Waals surface area contributed by atoms with Crippen LogP contribution in [0.15, 0.2) is 28.7 Å². The van der Waals surface area contributed by atoms with Crippen LogP contribution in [-0.4, -0.2) is 6.18 Å². The third-order valence-corrected chi connectivity index (χ3v) is 2.19. The maximum absolute atomic E-state index is 12.7. The van der Waals surface area contributed by atoms with Gasteiger partial charge in [0, 0.05) is 10.0 Å². The highest BCUT2D eigenvalue weighted by atomic mass is 79.9. The molecular formula is C8H5BrF4. The van der Waals surface area contributed by atoms with E-state index in [9.17, 15) is 17.6 Å². The van der Waals surface area contributed by atoms with E-state index in [1.165, 1.54) is 18.2 Å². The lowest BCUT2D eigenvalue weighted by molar-refractivity contribution is -0.182. The van der Waals surface area contributed by atoms with E-state index in [0.29, 0.717) is 0 Å². The van der Waals surface area contributed by atoms with Crippen LogP contribution in [-0.2, 0) is 0 Å². The van der Waals surface area contributed by atoms with Gasteiger partial charge >= 0.3 is 6.18 Å². The quantitative estimate of drug-likeness (QED) is 0.666. The molecule has 1 atom stereocenters. The summed E-state index contributed by atoms with van der Waals surface area (Å²) in [5.74, 6) is 0. The van der Waals surface area contributed by atoms with E-state index in [1.807, 2.05) is 0 Å². The van der Waals surface area contributed by atoms with Crippen molar-refractivity contribution in [2.75, 3.05) is 0 Å². The number of halogens is 5. The van der Waals surface area contributed by atoms with Crippen LogP contribution < -0.4 is 0 Å². The van der Waals surface area contributed by atoms with Crippen LogP contribution in [0.25, 0.3) is 0 Å². The van der Waals surface area contributed by atoms with Crippen molar-refractivity contribution in [2.45, 2.75) is 12.3 Å². The van der Waals surface area contributed by atoms with Gasteiger partial charge in [-0.15, -0.1) is 0 Å². The Hall–Kier alpha value is -0.580. The van der Waals surface area contributed by atoms with E-state index in [2.05, 4.69) is 15.9 Å². The molecule has 0 nitrogen and oxygen atoms in total. The van der Waals surface area contributed by atoms with Gasteiger partial charge in [-0.2, -0.15) is 13.2 Å². The van der Waals surface area contributed by atoms with E-state index < -0.39 is 17.9 Å². The first-order valence-electron chi connectivity index (χ1n) is 3.38. The first-order valence-corrected chi connectivity index (χ1v) is 4.17. The van der Waals surface area contributed by atoms with Crippen LogP contribution in [0, 0.1) is 0 Å². The molecule has 1 aromatic carbocycles. The summed E-state index contributed by atoms with van der Waals surface area (Å²) in [7, 11) is 0. The highest BCUT2D eigenvalue weighted by Crippen LogP contribution is 2.38. The van der Waals surface area contributed by atoms with E-state index in [0.717, 1.165) is 6.07 Å². The minimum Gasteiger partial charge on any atom is -0.232 e. The predicted octanol–water partition coefficient (Wildman–Crippen LogP) is 4.02. The van der Waals surface area contributed by atoms with Crippen molar-refractivity contribution in [1.29, 1.82) is 0 Å². The molecule has 1 aromatic rings. The van der Waals surface area contributed by atoms with Gasteiger partial charge in [-0.25, -0.2) is 4.39 Å². The SMILES string of the molecule is FC(c1ccccc1Br)C(F)(F)F. The van der Waals surface area contributed by atoms with Crippen LogP contribution in [0.4, 0.5) is 17.6 Å². The molecule has 0 spiro atoms. The van der Waals surface area contributed by atoms with Gasteiger partial charge in [0.05, 0.1) is 0 Å². The number of hydrogen-bond acceptors (Lipinski definition) is 0. The van der Waals surface area contributed by atoms with Gasteiger partial charge in [-0.3, -0.25) is 0 Å². The second kappa shape index (κ2) is 3.65. The van der Waals surface area contributed by atoms with Gasteiger partial charge in [0.2, 0.25) is 6.17 Å². The molecule has 1 rings (SSSR count). The third kappa shape index (κ3) is 2.43. The molecule has 0 radical (unpaired) electrons. The molecule has 0 N–H and O–H groups in total. The molecule has 1 unspecified atom stereocenters. The molecule has 72 valence electrons. The fourth-order valence-corrected chi connectivity index (χ4v) is 1.34. The minimum absolute atomic E-state index is 0.125. The van der Waals surface area contributed by atoms with Crippen molar-refractivity contribution in [3.8, 4) is 0 Å². The largest absolute Gasteiger partial charge is 0.423 e. The molecule has 0 aromatic heterocycles. The Morgan fingerprint density at radius 1 is 1.15 bits per heavy atom. The first kappa shape index (κ1) is 10.5. The van der Waals surface area contributed by atoms with Gasteiger partial charge in [0.15, 0.2) is 0 Å². The van der Waals surface area contributed by atoms with Gasteiger partial charge in [-0.05, 0) is 6.07 Å². The van der Waals surface area contributed by atoms with E-state index in [1.54, 1.807) is 0 Å². The summed E-state index contributed by atoms with van der Waals surface area (Å²) >= 11 is 2.85. The lowest BCUT2D eigenvalue weighted by Gasteiger charge is -2.13. The summed E-state index contributed by atoms with van der Waals surface area (Å²) < 4.78 is 48.6. The lowest BCUT2D eigenvalue weighted by Crippen LogP contribution is -2.16. The summed E-state index contributed by atoms with van der Waals surface area (Å²) in [6.07, 6.45) is -7.77. The topological polar surface area (TPSA) is 0 Å². The zero-order valence-electron chi connectivity index (χ0n) is 6.28. The summed E-state index contributed by atoms with van der Waals surface area (Å²) in [6, 6.07) is 5.35. The Morgan fingerprint density at radius 3 is 2.15 bits per heavy atom. The monoisotopic (exact) mass is 256 g/mol. The standard InChI is InChI=1S/C8H5BrF4/c9-6-4-2-1-3-5(6)7(10)8(11,12)13/h1-4,7H. The molecule has 5 heteroatoms. The van der Waals surface area contributed by atoms with Crippen LogP contribution in [0.1, 0.15) is 11.7 Å². The van der Waals surface area contributed by atoms with Crippen molar-refractivity contribution >= 4 is 15.9 Å². The number of hydrogen-bond donors (Lipinski definition) is 0. The zero-order chi connectivity index (χ0) is 10.1. The Bertz CT molecular complexity index is 294. The highest BCUT2D eigenvalue weighted by Gasteiger charge is 2.42. The number of benzene rings is 1. The second-order valence-electron chi connectivity index (χ2n) is 2.43. The average molecular weight is 257 g/mol. The van der Waals surface area contributed by atoms with Gasteiger partial charge in [-0.1, -0.05) is 34.1 Å². The summed E-state index contributed by atoms with van der Waals surface area (Å²) in [4.78, 5) is 0. The second-order valence-corrected chi connectivity index (χ2v) is 3.28. The molecule has 0 amide bonds.